The predicted molar refractivity (Wildman–Crippen MR) is 253 cm³/mol. The number of ketones is 1. The number of amides is 4. The molecule has 0 spiro atoms. The van der Waals surface area contributed by atoms with Crippen LogP contribution < -0.4 is 42.8 Å². The Balaban J connectivity index is 1.90. The van der Waals surface area contributed by atoms with Gasteiger partial charge in [-0.1, -0.05) is 61.2 Å². The summed E-state index contributed by atoms with van der Waals surface area (Å²) in [5.74, 6) is -0.687. The van der Waals surface area contributed by atoms with E-state index in [0.717, 1.165) is 21.9 Å². The Kier molecular flexibility index (Phi) is 20.1. The molecule has 0 aliphatic heterocycles. The summed E-state index contributed by atoms with van der Waals surface area (Å²) < 4.78 is 11.3. The van der Waals surface area contributed by atoms with E-state index in [2.05, 4.69) is 38.2 Å². The fraction of sp³-hybridized carbons (Fsp3) is 0.500. The number of ether oxygens (including phenoxy) is 2. The van der Waals surface area contributed by atoms with Crippen LogP contribution in [0.1, 0.15) is 85.3 Å². The molecule has 3 rings (SSSR count). The average Bonchev–Trinajstić information content (AvgIpc) is 3.22. The maximum Gasteiger partial charge on any atom is 0.407 e. The first-order chi connectivity index (χ1) is 30.0. The van der Waals surface area contributed by atoms with Crippen molar-refractivity contribution in [2.45, 2.75) is 122 Å². The van der Waals surface area contributed by atoms with Crippen molar-refractivity contribution in [3.05, 3.63) is 90.1 Å². The summed E-state index contributed by atoms with van der Waals surface area (Å²) in [6, 6.07) is 17.5. The number of rotatable bonds is 23. The smallest absolute Gasteiger partial charge is 0.407 e. The molecule has 3 aromatic rings. The van der Waals surface area contributed by atoms with Crippen LogP contribution in [0, 0.1) is 0 Å². The minimum absolute atomic E-state index is 0.147. The van der Waals surface area contributed by atoms with Crippen molar-refractivity contribution in [1.82, 2.24) is 31.5 Å². The molecule has 0 saturated carbocycles. The highest BCUT2D eigenvalue weighted by atomic mass is 16.6. The number of nitrogens with zero attached hydrogens (tertiary/aromatic N) is 2. The highest BCUT2D eigenvalue weighted by Crippen LogP contribution is 2.21. The number of hydrogen-bond acceptors (Lipinski definition) is 10. The number of Topliss-reactive ketones (excluding diaryl/α,β-unsaturated/α-hetero) is 1. The van der Waals surface area contributed by atoms with E-state index in [-0.39, 0.29) is 55.6 Å². The van der Waals surface area contributed by atoms with E-state index in [9.17, 15) is 24.0 Å². The molecular weight excluding hydrogens is 815 g/mol. The molecule has 0 aliphatic rings. The lowest BCUT2D eigenvalue weighted by Gasteiger charge is -2.34. The van der Waals surface area contributed by atoms with Crippen LogP contribution >= 0.6 is 0 Å². The number of nitrogens with one attached hydrogen (secondary N) is 5. The zero-order chi connectivity index (χ0) is 47.6. The third-order valence-corrected chi connectivity index (χ3v) is 9.95. The molecule has 0 bridgehead atoms. The predicted octanol–water partition coefficient (Wildman–Crippen LogP) is 4.24. The molecule has 0 aromatic heterocycles. The first-order valence-corrected chi connectivity index (χ1v) is 21.8. The molecule has 4 amide bonds. The van der Waals surface area contributed by atoms with Crippen molar-refractivity contribution in [3.8, 4) is 5.75 Å². The van der Waals surface area contributed by atoms with E-state index in [1.165, 1.54) is 11.8 Å². The standard InChI is InChI=1S/C48H71N9O7/c1-31(58)30-54-42(59)40(29-34-19-22-35-15-11-12-16-36(35)27-34)56-43(60)39(17-13-25-52-45(50)51-9)55-32(2)41(18-14-26-53-46(62)64-48(6,7)8)57(10)44(61)38(49)28-33-20-23-37(24-21-33)63-47(3,4)5/h11-12,15-16,19-24,27,38-41,55H,2,13-14,17-18,25-26,28-30,49H2,1,3-10H3,(H,53,62)(H,54,59)(H,56,60)(H3,50,51,52)/t38?,39-,40?,41+/m0/s1. The molecule has 4 atom stereocenters. The van der Waals surface area contributed by atoms with Crippen molar-refractivity contribution in [3.63, 3.8) is 0 Å². The largest absolute Gasteiger partial charge is 0.488 e. The number of fused-ring (bicyclic) bond motifs is 1. The Labute approximate surface area is 378 Å². The van der Waals surface area contributed by atoms with Crippen LogP contribution in [-0.4, -0.2) is 110 Å². The molecule has 0 heterocycles. The summed E-state index contributed by atoms with van der Waals surface area (Å²) in [6.45, 7) is 17.3. The molecule has 16 heteroatoms. The van der Waals surface area contributed by atoms with E-state index >= 15 is 0 Å². The van der Waals surface area contributed by atoms with Gasteiger partial charge in [-0.05, 0) is 115 Å². The summed E-state index contributed by atoms with van der Waals surface area (Å²) in [5, 5.41) is 16.6. The van der Waals surface area contributed by atoms with E-state index in [0.29, 0.717) is 37.3 Å². The monoisotopic (exact) mass is 886 g/mol. The number of alkyl carbamates (subject to hydrolysis) is 1. The minimum Gasteiger partial charge on any atom is -0.488 e. The van der Waals surface area contributed by atoms with E-state index in [1.807, 2.05) is 87.5 Å². The maximum absolute atomic E-state index is 14.4. The summed E-state index contributed by atoms with van der Waals surface area (Å²) in [4.78, 5) is 71.9. The average molecular weight is 886 g/mol. The van der Waals surface area contributed by atoms with Crippen LogP contribution in [0.25, 0.3) is 10.8 Å². The molecule has 0 aliphatic carbocycles. The van der Waals surface area contributed by atoms with Gasteiger partial charge >= 0.3 is 6.09 Å². The first-order valence-electron chi connectivity index (χ1n) is 21.8. The van der Waals surface area contributed by atoms with Crippen molar-refractivity contribution in [2.75, 3.05) is 33.7 Å². The van der Waals surface area contributed by atoms with Crippen LogP contribution in [0.2, 0.25) is 0 Å². The van der Waals surface area contributed by atoms with Gasteiger partial charge in [0.05, 0.1) is 18.6 Å². The minimum atomic E-state index is -1.04. The molecule has 350 valence electrons. The van der Waals surface area contributed by atoms with Gasteiger partial charge < -0.3 is 52.4 Å². The molecular formula is C48H71N9O7. The SMILES string of the molecule is C=C(N[C@@H](CCCNC(N)=NC)C(=O)NC(Cc1ccc2ccccc2c1)C(=O)NCC(C)=O)[C@@H](CCCNC(=O)OC(C)(C)C)N(C)C(=O)C(N)Cc1ccc(OC(C)(C)C)cc1. The number of nitrogens with two attached hydrogens (primary N) is 2. The summed E-state index contributed by atoms with van der Waals surface area (Å²) >= 11 is 0. The second-order valence-electron chi connectivity index (χ2n) is 18.0. The van der Waals surface area contributed by atoms with Gasteiger partial charge in [-0.15, -0.1) is 0 Å². The second kappa shape index (κ2) is 24.6. The van der Waals surface area contributed by atoms with E-state index in [4.69, 9.17) is 20.9 Å². The van der Waals surface area contributed by atoms with Gasteiger partial charge in [-0.3, -0.25) is 24.2 Å². The highest BCUT2D eigenvalue weighted by molar-refractivity contribution is 5.92. The van der Waals surface area contributed by atoms with Crippen LogP contribution in [0.3, 0.4) is 0 Å². The number of hydrogen-bond donors (Lipinski definition) is 7. The van der Waals surface area contributed by atoms with Crippen molar-refractivity contribution in [1.29, 1.82) is 0 Å². The molecule has 0 fully saturated rings. The summed E-state index contributed by atoms with van der Waals surface area (Å²) in [5.41, 5.74) is 13.4. The normalized spacial score (nSPS) is 13.7. The lowest BCUT2D eigenvalue weighted by Crippen LogP contribution is -2.55. The summed E-state index contributed by atoms with van der Waals surface area (Å²) in [7, 11) is 3.19. The van der Waals surface area contributed by atoms with Crippen molar-refractivity contribution >= 4 is 46.3 Å². The van der Waals surface area contributed by atoms with Gasteiger partial charge in [0.1, 0.15) is 34.8 Å². The van der Waals surface area contributed by atoms with Gasteiger partial charge in [0.25, 0.3) is 0 Å². The molecule has 9 N–H and O–H groups in total. The lowest BCUT2D eigenvalue weighted by atomic mass is 10.00. The fourth-order valence-electron chi connectivity index (χ4n) is 6.81. The number of benzene rings is 3. The third-order valence-electron chi connectivity index (χ3n) is 9.95. The van der Waals surface area contributed by atoms with Crippen LogP contribution in [0.5, 0.6) is 5.75 Å². The Hall–Kier alpha value is -6.16. The molecule has 0 radical (unpaired) electrons. The van der Waals surface area contributed by atoms with E-state index in [1.54, 1.807) is 34.9 Å². The first kappa shape index (κ1) is 52.2. The van der Waals surface area contributed by atoms with Gasteiger partial charge in [0.15, 0.2) is 5.96 Å². The van der Waals surface area contributed by atoms with Gasteiger partial charge in [-0.25, -0.2) is 4.79 Å². The Bertz CT molecular complexity index is 2080. The number of likely N-dealkylation sites (N-methyl/N-ethyl adjacent to an activating group) is 1. The number of carbonyl (C=O) groups excluding carboxylic acids is 5. The molecule has 3 aromatic carbocycles. The zero-order valence-corrected chi connectivity index (χ0v) is 39.1. The highest BCUT2D eigenvalue weighted by Gasteiger charge is 2.31. The van der Waals surface area contributed by atoms with Gasteiger partial charge in [-0.2, -0.15) is 0 Å². The van der Waals surface area contributed by atoms with Crippen LogP contribution in [0.15, 0.2) is 84.0 Å². The van der Waals surface area contributed by atoms with Crippen molar-refractivity contribution in [2.24, 2.45) is 16.5 Å². The maximum atomic E-state index is 14.4. The number of guanidine groups is 1. The topological polar surface area (TPSA) is 232 Å². The van der Waals surface area contributed by atoms with Crippen LogP contribution in [0.4, 0.5) is 4.79 Å². The Morgan fingerprint density at radius 2 is 1.39 bits per heavy atom. The Morgan fingerprint density at radius 1 is 0.766 bits per heavy atom. The van der Waals surface area contributed by atoms with E-state index < -0.39 is 47.7 Å². The fourth-order valence-corrected chi connectivity index (χ4v) is 6.81. The van der Waals surface area contributed by atoms with Crippen LogP contribution in [-0.2, 0) is 36.8 Å². The number of carbonyl (C=O) groups is 5. The van der Waals surface area contributed by atoms with Crippen molar-refractivity contribution < 1.29 is 33.4 Å². The zero-order valence-electron chi connectivity index (χ0n) is 39.1. The van der Waals surface area contributed by atoms with Gasteiger partial charge in [0, 0.05) is 39.3 Å². The number of aliphatic imine (C=N–C) groups is 1. The lowest BCUT2D eigenvalue weighted by molar-refractivity contribution is -0.133. The molecule has 16 nitrogen and oxygen atoms in total. The quantitative estimate of drug-likeness (QED) is 0.0405. The second-order valence-corrected chi connectivity index (χ2v) is 18.0. The Morgan fingerprint density at radius 3 is 2.02 bits per heavy atom. The summed E-state index contributed by atoms with van der Waals surface area (Å²) in [6.07, 6.45) is 1.26. The molecule has 0 saturated heterocycles. The third kappa shape index (κ3) is 18.7. The molecule has 2 unspecified atom stereocenters. The molecule has 64 heavy (non-hydrogen) atoms. The van der Waals surface area contributed by atoms with Gasteiger partial charge in [0.2, 0.25) is 17.7 Å².